The summed E-state index contributed by atoms with van der Waals surface area (Å²) in [6, 6.07) is 5.88. The first-order valence-corrected chi connectivity index (χ1v) is 5.33. The van der Waals surface area contributed by atoms with Crippen LogP contribution in [-0.4, -0.2) is 9.97 Å². The molecule has 0 unspecified atom stereocenters. The van der Waals surface area contributed by atoms with Crippen molar-refractivity contribution in [1.82, 2.24) is 9.97 Å². The lowest BCUT2D eigenvalue weighted by Crippen LogP contribution is -1.93. The van der Waals surface area contributed by atoms with Crippen LogP contribution in [0.2, 0.25) is 0 Å². The van der Waals surface area contributed by atoms with Gasteiger partial charge in [0.15, 0.2) is 0 Å². The van der Waals surface area contributed by atoms with Crippen LogP contribution in [0.3, 0.4) is 0 Å². The second-order valence-electron chi connectivity index (χ2n) is 3.03. The lowest BCUT2D eigenvalue weighted by molar-refractivity contribution is 0.455. The number of hydrogen-bond donors (Lipinski definition) is 0. The summed E-state index contributed by atoms with van der Waals surface area (Å²) in [7, 11) is 0. The molecule has 0 aliphatic heterocycles. The van der Waals surface area contributed by atoms with Gasteiger partial charge in [-0.25, -0.2) is 14.4 Å². The van der Waals surface area contributed by atoms with Crippen molar-refractivity contribution in [2.75, 3.05) is 0 Å². The molecule has 17 heavy (non-hydrogen) atoms. The molecule has 0 radical (unpaired) electrons. The van der Waals surface area contributed by atoms with Gasteiger partial charge in [0.2, 0.25) is 5.88 Å². The monoisotopic (exact) mass is 293 g/mol. The molecule has 0 atom stereocenters. The highest BCUT2D eigenvalue weighted by atomic mass is 79.9. The predicted molar refractivity (Wildman–Crippen MR) is 60.9 cm³/mol. The number of benzene rings is 1. The molecule has 6 heteroatoms. The Morgan fingerprint density at radius 3 is 2.94 bits per heavy atom. The highest BCUT2D eigenvalue weighted by molar-refractivity contribution is 9.10. The summed E-state index contributed by atoms with van der Waals surface area (Å²) in [5.41, 5.74) is 0.212. The maximum absolute atomic E-state index is 12.9. The topological polar surface area (TPSA) is 58.8 Å². The highest BCUT2D eigenvalue weighted by Crippen LogP contribution is 2.30. The molecule has 2 rings (SSSR count). The summed E-state index contributed by atoms with van der Waals surface area (Å²) >= 11 is 3.16. The van der Waals surface area contributed by atoms with E-state index >= 15 is 0 Å². The van der Waals surface area contributed by atoms with Crippen molar-refractivity contribution < 1.29 is 9.13 Å². The molecule has 0 amide bonds. The third kappa shape index (κ3) is 2.57. The molecule has 4 nitrogen and oxygen atoms in total. The van der Waals surface area contributed by atoms with Crippen molar-refractivity contribution in [3.05, 3.63) is 46.6 Å². The summed E-state index contributed by atoms with van der Waals surface area (Å²) in [5, 5.41) is 8.83. The van der Waals surface area contributed by atoms with Crippen molar-refractivity contribution >= 4 is 15.9 Å². The molecule has 1 heterocycles. The van der Waals surface area contributed by atoms with E-state index in [0.717, 1.165) is 0 Å². The number of nitrogens with zero attached hydrogens (tertiary/aromatic N) is 3. The van der Waals surface area contributed by atoms with Gasteiger partial charge in [-0.05, 0) is 34.1 Å². The summed E-state index contributed by atoms with van der Waals surface area (Å²) in [6.45, 7) is 0. The van der Waals surface area contributed by atoms with Gasteiger partial charge >= 0.3 is 0 Å². The molecular weight excluding hydrogens is 289 g/mol. The standard InChI is InChI=1S/C11H5BrFN3O/c12-9-3-8(13)1-2-10(9)17-11-7(4-14)5-15-6-16-11/h1-3,5-6H. The van der Waals surface area contributed by atoms with Crippen LogP contribution < -0.4 is 4.74 Å². The quantitative estimate of drug-likeness (QED) is 0.854. The average molecular weight is 294 g/mol. The van der Waals surface area contributed by atoms with Crippen molar-refractivity contribution in [3.63, 3.8) is 0 Å². The van der Waals surface area contributed by atoms with Crippen LogP contribution >= 0.6 is 15.9 Å². The zero-order chi connectivity index (χ0) is 12.3. The Balaban J connectivity index is 2.35. The van der Waals surface area contributed by atoms with Crippen LogP contribution in [0.4, 0.5) is 4.39 Å². The van der Waals surface area contributed by atoms with Gasteiger partial charge in [-0.15, -0.1) is 0 Å². The molecule has 0 spiro atoms. The van der Waals surface area contributed by atoms with Gasteiger partial charge in [0.05, 0.1) is 10.7 Å². The second kappa shape index (κ2) is 4.89. The second-order valence-corrected chi connectivity index (χ2v) is 3.88. The highest BCUT2D eigenvalue weighted by Gasteiger charge is 2.09. The van der Waals surface area contributed by atoms with Gasteiger partial charge in [-0.2, -0.15) is 5.26 Å². The zero-order valence-corrected chi connectivity index (χ0v) is 9.98. The van der Waals surface area contributed by atoms with E-state index in [2.05, 4.69) is 25.9 Å². The SMILES string of the molecule is N#Cc1cncnc1Oc1ccc(F)cc1Br. The van der Waals surface area contributed by atoms with E-state index in [4.69, 9.17) is 10.00 Å². The zero-order valence-electron chi connectivity index (χ0n) is 8.39. The predicted octanol–water partition coefficient (Wildman–Crippen LogP) is 3.04. The fourth-order valence-electron chi connectivity index (χ4n) is 1.14. The Bertz CT molecular complexity index is 598. The van der Waals surface area contributed by atoms with Gasteiger partial charge in [-0.1, -0.05) is 0 Å². The number of nitriles is 1. The summed E-state index contributed by atoms with van der Waals surface area (Å²) in [5.74, 6) is 0.129. The van der Waals surface area contributed by atoms with Gasteiger partial charge < -0.3 is 4.74 Å². The molecule has 0 bridgehead atoms. The van der Waals surface area contributed by atoms with Crippen molar-refractivity contribution in [2.45, 2.75) is 0 Å². The van der Waals surface area contributed by atoms with Gasteiger partial charge in [0.1, 0.15) is 29.5 Å². The molecule has 0 aliphatic rings. The van der Waals surface area contributed by atoms with Crippen LogP contribution in [0.15, 0.2) is 35.2 Å². The van der Waals surface area contributed by atoms with E-state index in [1.807, 2.05) is 6.07 Å². The summed E-state index contributed by atoms with van der Waals surface area (Å²) < 4.78 is 18.7. The molecular formula is C11H5BrFN3O. The van der Waals surface area contributed by atoms with Crippen LogP contribution in [0.1, 0.15) is 5.56 Å². The van der Waals surface area contributed by atoms with Crippen molar-refractivity contribution in [2.24, 2.45) is 0 Å². The van der Waals surface area contributed by atoms with Gasteiger partial charge in [0, 0.05) is 0 Å². The van der Waals surface area contributed by atoms with Crippen LogP contribution in [0.25, 0.3) is 0 Å². The Morgan fingerprint density at radius 1 is 1.41 bits per heavy atom. The minimum absolute atomic E-state index is 0.134. The van der Waals surface area contributed by atoms with Crippen molar-refractivity contribution in [3.8, 4) is 17.7 Å². The van der Waals surface area contributed by atoms with Gasteiger partial charge in [0.25, 0.3) is 0 Å². The van der Waals surface area contributed by atoms with Crippen LogP contribution in [0.5, 0.6) is 11.6 Å². The minimum Gasteiger partial charge on any atom is -0.436 e. The number of ether oxygens (including phenoxy) is 1. The van der Waals surface area contributed by atoms with E-state index in [-0.39, 0.29) is 17.3 Å². The fourth-order valence-corrected chi connectivity index (χ4v) is 1.57. The maximum atomic E-state index is 12.9. The summed E-state index contributed by atoms with van der Waals surface area (Å²) in [4.78, 5) is 7.55. The Labute approximate surface area is 105 Å². The molecule has 0 saturated carbocycles. The maximum Gasteiger partial charge on any atom is 0.240 e. The average Bonchev–Trinajstić information content (AvgIpc) is 2.33. The Morgan fingerprint density at radius 2 is 2.24 bits per heavy atom. The smallest absolute Gasteiger partial charge is 0.240 e. The largest absolute Gasteiger partial charge is 0.436 e. The third-order valence-corrected chi connectivity index (χ3v) is 2.52. The van der Waals surface area contributed by atoms with E-state index < -0.39 is 0 Å². The first-order valence-electron chi connectivity index (χ1n) is 4.53. The van der Waals surface area contributed by atoms with Crippen LogP contribution in [-0.2, 0) is 0 Å². The number of rotatable bonds is 2. The first-order chi connectivity index (χ1) is 8.20. The number of hydrogen-bond acceptors (Lipinski definition) is 4. The minimum atomic E-state index is -0.382. The molecule has 2 aromatic rings. The number of halogens is 2. The number of aromatic nitrogens is 2. The lowest BCUT2D eigenvalue weighted by atomic mass is 10.3. The van der Waals surface area contributed by atoms with E-state index in [1.54, 1.807) is 0 Å². The lowest BCUT2D eigenvalue weighted by Gasteiger charge is -2.07. The molecule has 0 saturated heterocycles. The third-order valence-electron chi connectivity index (χ3n) is 1.90. The molecule has 0 N–H and O–H groups in total. The van der Waals surface area contributed by atoms with E-state index in [9.17, 15) is 4.39 Å². The molecule has 0 aliphatic carbocycles. The van der Waals surface area contributed by atoms with Gasteiger partial charge in [-0.3, -0.25) is 0 Å². The molecule has 0 fully saturated rings. The molecule has 1 aromatic heterocycles. The Hall–Kier alpha value is -2.00. The fraction of sp³-hybridized carbons (Fsp3) is 0. The Kier molecular flexibility index (Phi) is 3.30. The summed E-state index contributed by atoms with van der Waals surface area (Å²) in [6.07, 6.45) is 2.62. The van der Waals surface area contributed by atoms with E-state index in [0.29, 0.717) is 10.2 Å². The normalized spacial score (nSPS) is 9.71. The first kappa shape index (κ1) is 11.5. The van der Waals surface area contributed by atoms with Crippen molar-refractivity contribution in [1.29, 1.82) is 5.26 Å². The van der Waals surface area contributed by atoms with Crippen LogP contribution in [0, 0.1) is 17.1 Å². The molecule has 84 valence electrons. The molecule has 1 aromatic carbocycles. The van der Waals surface area contributed by atoms with E-state index in [1.165, 1.54) is 30.7 Å².